The molecule has 6 heteroatoms. The highest BCUT2D eigenvalue weighted by molar-refractivity contribution is 5.79. The number of hydrogen-bond acceptors (Lipinski definition) is 2. The molecule has 116 valence electrons. The van der Waals surface area contributed by atoms with Gasteiger partial charge in [-0.2, -0.15) is 0 Å². The summed E-state index contributed by atoms with van der Waals surface area (Å²) in [5.41, 5.74) is -0.151. The molecule has 1 aliphatic rings. The molecule has 21 heavy (non-hydrogen) atoms. The SMILES string of the molecule is CC(O)CC1CCCN1C(=O)Cc1cc(F)c(F)cc1F. The van der Waals surface area contributed by atoms with Crippen LogP contribution in [0.4, 0.5) is 13.2 Å². The Kier molecular flexibility index (Phi) is 4.88. The van der Waals surface area contributed by atoms with Crippen molar-refractivity contribution in [3.63, 3.8) is 0 Å². The third kappa shape index (κ3) is 3.75. The van der Waals surface area contributed by atoms with Crippen molar-refractivity contribution < 1.29 is 23.1 Å². The van der Waals surface area contributed by atoms with Crippen molar-refractivity contribution in [3.05, 3.63) is 35.1 Å². The van der Waals surface area contributed by atoms with Gasteiger partial charge in [0.05, 0.1) is 12.5 Å². The van der Waals surface area contributed by atoms with Gasteiger partial charge in [-0.05, 0) is 32.3 Å². The third-order valence-corrected chi connectivity index (χ3v) is 3.74. The molecule has 0 saturated carbocycles. The van der Waals surface area contributed by atoms with E-state index in [-0.39, 0.29) is 23.9 Å². The molecule has 2 atom stereocenters. The molecule has 1 aliphatic heterocycles. The number of rotatable bonds is 4. The van der Waals surface area contributed by atoms with Gasteiger partial charge in [0.15, 0.2) is 11.6 Å². The second-order valence-corrected chi connectivity index (χ2v) is 5.50. The third-order valence-electron chi connectivity index (χ3n) is 3.74. The number of carbonyl (C=O) groups is 1. The van der Waals surface area contributed by atoms with Crippen LogP contribution in [0.3, 0.4) is 0 Å². The lowest BCUT2D eigenvalue weighted by Gasteiger charge is -2.26. The van der Waals surface area contributed by atoms with Gasteiger partial charge in [-0.3, -0.25) is 4.79 Å². The van der Waals surface area contributed by atoms with Crippen LogP contribution < -0.4 is 0 Å². The van der Waals surface area contributed by atoms with Crippen LogP contribution in [0.5, 0.6) is 0 Å². The summed E-state index contributed by atoms with van der Waals surface area (Å²) < 4.78 is 39.6. The molecule has 1 aromatic carbocycles. The zero-order valence-corrected chi connectivity index (χ0v) is 11.8. The fourth-order valence-corrected chi connectivity index (χ4v) is 2.77. The number of amides is 1. The average molecular weight is 301 g/mol. The van der Waals surface area contributed by atoms with Gasteiger partial charge in [0.25, 0.3) is 0 Å². The molecular formula is C15H18F3NO2. The van der Waals surface area contributed by atoms with Gasteiger partial charge >= 0.3 is 0 Å². The van der Waals surface area contributed by atoms with Gasteiger partial charge in [0, 0.05) is 24.2 Å². The number of carbonyl (C=O) groups excluding carboxylic acids is 1. The van der Waals surface area contributed by atoms with Crippen molar-refractivity contribution in [3.8, 4) is 0 Å². The van der Waals surface area contributed by atoms with Crippen molar-refractivity contribution in [2.75, 3.05) is 6.54 Å². The molecule has 1 amide bonds. The van der Waals surface area contributed by atoms with Crippen LogP contribution in [0.25, 0.3) is 0 Å². The minimum Gasteiger partial charge on any atom is -0.393 e. The first-order valence-electron chi connectivity index (χ1n) is 6.99. The van der Waals surface area contributed by atoms with Gasteiger partial charge < -0.3 is 10.0 Å². The van der Waals surface area contributed by atoms with Crippen molar-refractivity contribution in [1.82, 2.24) is 4.90 Å². The minimum absolute atomic E-state index is 0.0779. The Bertz CT molecular complexity index is 534. The summed E-state index contributed by atoms with van der Waals surface area (Å²) in [6, 6.07) is 1.10. The van der Waals surface area contributed by atoms with E-state index < -0.39 is 23.6 Å². The van der Waals surface area contributed by atoms with E-state index in [0.717, 1.165) is 18.9 Å². The Morgan fingerprint density at radius 3 is 2.67 bits per heavy atom. The van der Waals surface area contributed by atoms with Crippen LogP contribution >= 0.6 is 0 Å². The van der Waals surface area contributed by atoms with Crippen LogP contribution in [0.1, 0.15) is 31.7 Å². The van der Waals surface area contributed by atoms with E-state index in [9.17, 15) is 23.1 Å². The predicted octanol–water partition coefficient (Wildman–Crippen LogP) is 2.41. The second-order valence-electron chi connectivity index (χ2n) is 5.50. The normalized spacial score (nSPS) is 19.9. The molecule has 0 aliphatic carbocycles. The predicted molar refractivity (Wildman–Crippen MR) is 71.1 cm³/mol. The second kappa shape index (κ2) is 6.47. The first-order valence-corrected chi connectivity index (χ1v) is 6.99. The van der Waals surface area contributed by atoms with Crippen LogP contribution in [0.2, 0.25) is 0 Å². The molecule has 1 saturated heterocycles. The number of aliphatic hydroxyl groups excluding tert-OH is 1. The molecule has 0 spiro atoms. The Morgan fingerprint density at radius 1 is 1.33 bits per heavy atom. The lowest BCUT2D eigenvalue weighted by molar-refractivity contribution is -0.131. The first kappa shape index (κ1) is 15.8. The van der Waals surface area contributed by atoms with E-state index >= 15 is 0 Å². The zero-order chi connectivity index (χ0) is 15.6. The highest BCUT2D eigenvalue weighted by atomic mass is 19.2. The summed E-state index contributed by atoms with van der Waals surface area (Å²) in [6.45, 7) is 2.19. The van der Waals surface area contributed by atoms with E-state index in [0.29, 0.717) is 19.0 Å². The molecule has 0 aromatic heterocycles. The number of nitrogens with zero attached hydrogens (tertiary/aromatic N) is 1. The largest absolute Gasteiger partial charge is 0.393 e. The molecule has 2 rings (SSSR count). The summed E-state index contributed by atoms with van der Waals surface area (Å²) in [5.74, 6) is -3.69. The maximum atomic E-state index is 13.6. The minimum atomic E-state index is -1.27. The smallest absolute Gasteiger partial charge is 0.227 e. The average Bonchev–Trinajstić information content (AvgIpc) is 2.83. The molecule has 1 heterocycles. The molecule has 1 aromatic rings. The maximum Gasteiger partial charge on any atom is 0.227 e. The lowest BCUT2D eigenvalue weighted by Crippen LogP contribution is -2.38. The maximum absolute atomic E-state index is 13.6. The molecular weight excluding hydrogens is 283 g/mol. The van der Waals surface area contributed by atoms with Gasteiger partial charge in [-0.1, -0.05) is 0 Å². The van der Waals surface area contributed by atoms with E-state index in [2.05, 4.69) is 0 Å². The van der Waals surface area contributed by atoms with E-state index in [1.54, 1.807) is 11.8 Å². The molecule has 2 unspecified atom stereocenters. The Hall–Kier alpha value is -1.56. The summed E-state index contributed by atoms with van der Waals surface area (Å²) >= 11 is 0. The van der Waals surface area contributed by atoms with Gasteiger partial charge in [-0.15, -0.1) is 0 Å². The van der Waals surface area contributed by atoms with Crippen molar-refractivity contribution in [1.29, 1.82) is 0 Å². The summed E-state index contributed by atoms with van der Waals surface area (Å²) in [5, 5.41) is 9.42. The zero-order valence-electron chi connectivity index (χ0n) is 11.8. The Morgan fingerprint density at radius 2 is 2.00 bits per heavy atom. The molecule has 0 bridgehead atoms. The summed E-state index contributed by atoms with van der Waals surface area (Å²) in [6.07, 6.45) is 1.24. The van der Waals surface area contributed by atoms with Crippen LogP contribution in [-0.2, 0) is 11.2 Å². The van der Waals surface area contributed by atoms with Crippen LogP contribution in [-0.4, -0.2) is 34.6 Å². The Labute approximate surface area is 121 Å². The van der Waals surface area contributed by atoms with Crippen molar-refractivity contribution in [2.45, 2.75) is 44.8 Å². The quantitative estimate of drug-likeness (QED) is 0.868. The molecule has 0 radical (unpaired) electrons. The number of aliphatic hydroxyl groups is 1. The van der Waals surface area contributed by atoms with E-state index in [1.165, 1.54) is 0 Å². The van der Waals surface area contributed by atoms with E-state index in [1.807, 2.05) is 0 Å². The summed E-state index contributed by atoms with van der Waals surface area (Å²) in [7, 11) is 0. The monoisotopic (exact) mass is 301 g/mol. The van der Waals surface area contributed by atoms with Gasteiger partial charge in [-0.25, -0.2) is 13.2 Å². The Balaban J connectivity index is 2.09. The standard InChI is InChI=1S/C15H18F3NO2/c1-9(20)5-11-3-2-4-19(11)15(21)7-10-6-13(17)14(18)8-12(10)16/h6,8-9,11,20H,2-5,7H2,1H3. The first-order chi connectivity index (χ1) is 9.88. The fourth-order valence-electron chi connectivity index (χ4n) is 2.77. The highest BCUT2D eigenvalue weighted by Gasteiger charge is 2.30. The van der Waals surface area contributed by atoms with Crippen molar-refractivity contribution >= 4 is 5.91 Å². The molecule has 1 fully saturated rings. The number of hydrogen-bond donors (Lipinski definition) is 1. The number of benzene rings is 1. The van der Waals surface area contributed by atoms with Gasteiger partial charge in [0.2, 0.25) is 5.91 Å². The van der Waals surface area contributed by atoms with Crippen LogP contribution in [0.15, 0.2) is 12.1 Å². The lowest BCUT2D eigenvalue weighted by atomic mass is 10.1. The van der Waals surface area contributed by atoms with Crippen LogP contribution in [0, 0.1) is 17.5 Å². The fraction of sp³-hybridized carbons (Fsp3) is 0.533. The van der Waals surface area contributed by atoms with Crippen molar-refractivity contribution in [2.24, 2.45) is 0 Å². The highest BCUT2D eigenvalue weighted by Crippen LogP contribution is 2.23. The summed E-state index contributed by atoms with van der Waals surface area (Å²) in [4.78, 5) is 13.8. The molecule has 3 nitrogen and oxygen atoms in total. The molecule has 1 N–H and O–H groups in total. The van der Waals surface area contributed by atoms with E-state index in [4.69, 9.17) is 0 Å². The number of likely N-dealkylation sites (tertiary alicyclic amines) is 1. The number of halogens is 3. The topological polar surface area (TPSA) is 40.5 Å². The van der Waals surface area contributed by atoms with Gasteiger partial charge in [0.1, 0.15) is 5.82 Å².